The Morgan fingerprint density at radius 1 is 1.24 bits per heavy atom. The van der Waals surface area contributed by atoms with E-state index in [0.717, 1.165) is 19.3 Å². The molecule has 4 heteroatoms. The Kier molecular flexibility index (Phi) is 4.55. The summed E-state index contributed by atoms with van der Waals surface area (Å²) in [6, 6.07) is 9.46. The number of hydrogen-bond donors (Lipinski definition) is 1. The molecule has 1 heterocycles. The molecule has 0 aromatic heterocycles. The number of fused-ring (bicyclic) bond motifs is 1. The van der Waals surface area contributed by atoms with Crippen LogP contribution in [0.4, 0.5) is 0 Å². The van der Waals surface area contributed by atoms with Crippen LogP contribution in [0.2, 0.25) is 0 Å². The molecule has 0 spiro atoms. The first-order valence-corrected chi connectivity index (χ1v) is 8.75. The summed E-state index contributed by atoms with van der Waals surface area (Å²) in [5.74, 6) is 0.309. The Hall–Kier alpha value is -1.00. The fraction of sp³-hybridized carbons (Fsp3) is 0.588. The molecule has 1 amide bonds. The van der Waals surface area contributed by atoms with Crippen molar-refractivity contribution in [3.05, 3.63) is 29.8 Å². The largest absolute Gasteiger partial charge is 0.342 e. The highest BCUT2D eigenvalue weighted by atomic mass is 32.2. The number of carbonyl (C=O) groups excluding carboxylic acids is 1. The Morgan fingerprint density at radius 2 is 1.95 bits per heavy atom. The van der Waals surface area contributed by atoms with Crippen molar-refractivity contribution in [2.24, 2.45) is 0 Å². The average molecular weight is 304 g/mol. The number of benzene rings is 1. The van der Waals surface area contributed by atoms with Crippen molar-refractivity contribution in [3.8, 4) is 0 Å². The molecule has 1 atom stereocenters. The van der Waals surface area contributed by atoms with Gasteiger partial charge in [0.25, 0.3) is 0 Å². The summed E-state index contributed by atoms with van der Waals surface area (Å²) in [7, 11) is 4.03. The molecule has 3 nitrogen and oxygen atoms in total. The maximum Gasteiger partial charge on any atom is 0.236 e. The highest BCUT2D eigenvalue weighted by Crippen LogP contribution is 2.38. The van der Waals surface area contributed by atoms with E-state index in [1.54, 1.807) is 11.8 Å². The van der Waals surface area contributed by atoms with Crippen molar-refractivity contribution < 1.29 is 4.79 Å². The summed E-state index contributed by atoms with van der Waals surface area (Å²) in [4.78, 5) is 16.1. The van der Waals surface area contributed by atoms with Gasteiger partial charge in [-0.15, -0.1) is 11.8 Å². The van der Waals surface area contributed by atoms with Crippen LogP contribution >= 0.6 is 11.8 Å². The number of carbonyl (C=O) groups is 1. The summed E-state index contributed by atoms with van der Waals surface area (Å²) in [5.41, 5.74) is 1.33. The third-order valence-corrected chi connectivity index (χ3v) is 6.23. The lowest BCUT2D eigenvalue weighted by Gasteiger charge is -2.35. The van der Waals surface area contributed by atoms with Crippen LogP contribution in [0.3, 0.4) is 0 Å². The zero-order chi connectivity index (χ0) is 14.8. The molecule has 0 saturated heterocycles. The van der Waals surface area contributed by atoms with Crippen LogP contribution in [0.15, 0.2) is 29.2 Å². The van der Waals surface area contributed by atoms with Gasteiger partial charge in [0.1, 0.15) is 0 Å². The van der Waals surface area contributed by atoms with Crippen LogP contribution < -0.4 is 5.32 Å². The fourth-order valence-corrected chi connectivity index (χ4v) is 4.78. The van der Waals surface area contributed by atoms with Crippen LogP contribution in [0.1, 0.15) is 31.2 Å². The van der Waals surface area contributed by atoms with Gasteiger partial charge in [0, 0.05) is 24.0 Å². The van der Waals surface area contributed by atoms with E-state index < -0.39 is 0 Å². The zero-order valence-corrected chi connectivity index (χ0v) is 13.7. The minimum Gasteiger partial charge on any atom is -0.342 e. The van der Waals surface area contributed by atoms with Crippen molar-refractivity contribution >= 4 is 17.7 Å². The summed E-state index contributed by atoms with van der Waals surface area (Å²) in [5, 5.41) is 3.43. The van der Waals surface area contributed by atoms with Crippen molar-refractivity contribution in [3.63, 3.8) is 0 Å². The van der Waals surface area contributed by atoms with Gasteiger partial charge in [0.15, 0.2) is 0 Å². The molecule has 2 aliphatic rings. The van der Waals surface area contributed by atoms with Gasteiger partial charge in [-0.3, -0.25) is 4.79 Å². The molecule has 1 N–H and O–H groups in total. The van der Waals surface area contributed by atoms with Crippen molar-refractivity contribution in [2.45, 2.75) is 54.3 Å². The third kappa shape index (κ3) is 3.11. The molecule has 21 heavy (non-hydrogen) atoms. The molecule has 1 aliphatic heterocycles. The summed E-state index contributed by atoms with van der Waals surface area (Å²) < 4.78 is 0. The van der Waals surface area contributed by atoms with Crippen LogP contribution in [0, 0.1) is 0 Å². The monoisotopic (exact) mass is 304 g/mol. The average Bonchev–Trinajstić information content (AvgIpc) is 2.97. The molecule has 1 aliphatic carbocycles. The Labute approximate surface area is 131 Å². The van der Waals surface area contributed by atoms with Gasteiger partial charge >= 0.3 is 0 Å². The van der Waals surface area contributed by atoms with Gasteiger partial charge < -0.3 is 10.2 Å². The molecule has 1 fully saturated rings. The predicted octanol–water partition coefficient (Wildman–Crippen LogP) is 2.69. The van der Waals surface area contributed by atoms with Crippen LogP contribution in [0.5, 0.6) is 0 Å². The number of amides is 1. The second-order valence-corrected chi connectivity index (χ2v) is 7.41. The van der Waals surface area contributed by atoms with Crippen LogP contribution in [-0.4, -0.2) is 42.2 Å². The smallest absolute Gasteiger partial charge is 0.236 e. The number of hydrogen-bond acceptors (Lipinski definition) is 3. The predicted molar refractivity (Wildman–Crippen MR) is 87.7 cm³/mol. The standard InChI is InChI=1S/C17H24N2OS/c1-18-13-7-9-14(10-8-13)19(2)17(20)16-11-12-5-3-4-6-15(12)21-16/h3-6,13-14,16,18H,7-11H2,1-2H3. The lowest BCUT2D eigenvalue weighted by molar-refractivity contribution is -0.132. The van der Waals surface area contributed by atoms with E-state index in [1.807, 2.05) is 19.0 Å². The maximum absolute atomic E-state index is 12.8. The summed E-state index contributed by atoms with van der Waals surface area (Å²) >= 11 is 1.74. The number of rotatable bonds is 3. The summed E-state index contributed by atoms with van der Waals surface area (Å²) in [6.07, 6.45) is 5.49. The molecular weight excluding hydrogens is 280 g/mol. The van der Waals surface area contributed by atoms with E-state index in [4.69, 9.17) is 0 Å². The molecular formula is C17H24N2OS. The van der Waals surface area contributed by atoms with E-state index in [9.17, 15) is 4.79 Å². The zero-order valence-electron chi connectivity index (χ0n) is 12.8. The molecule has 1 unspecified atom stereocenters. The molecule has 0 radical (unpaired) electrons. The quantitative estimate of drug-likeness (QED) is 0.932. The topological polar surface area (TPSA) is 32.3 Å². The minimum absolute atomic E-state index is 0.0782. The van der Waals surface area contributed by atoms with Crippen LogP contribution in [-0.2, 0) is 11.2 Å². The highest BCUT2D eigenvalue weighted by molar-refractivity contribution is 8.01. The van der Waals surface area contributed by atoms with Crippen molar-refractivity contribution in [2.75, 3.05) is 14.1 Å². The van der Waals surface area contributed by atoms with E-state index in [0.29, 0.717) is 18.0 Å². The maximum atomic E-state index is 12.8. The van der Waals surface area contributed by atoms with Gasteiger partial charge in [-0.1, -0.05) is 18.2 Å². The van der Waals surface area contributed by atoms with Gasteiger partial charge in [-0.2, -0.15) is 0 Å². The van der Waals surface area contributed by atoms with E-state index >= 15 is 0 Å². The van der Waals surface area contributed by atoms with E-state index in [1.165, 1.54) is 23.3 Å². The SMILES string of the molecule is CNC1CCC(N(C)C(=O)C2Cc3ccccc3S2)CC1. The van der Waals surface area contributed by atoms with Gasteiger partial charge in [0.2, 0.25) is 5.91 Å². The van der Waals surface area contributed by atoms with Gasteiger partial charge in [-0.25, -0.2) is 0 Å². The molecule has 0 bridgehead atoms. The Morgan fingerprint density at radius 3 is 2.62 bits per heavy atom. The van der Waals surface area contributed by atoms with E-state index in [2.05, 4.69) is 29.6 Å². The molecule has 114 valence electrons. The van der Waals surface area contributed by atoms with Gasteiger partial charge in [0.05, 0.1) is 5.25 Å². The minimum atomic E-state index is 0.0782. The van der Waals surface area contributed by atoms with Gasteiger partial charge in [-0.05, 0) is 50.8 Å². The molecule has 3 rings (SSSR count). The second kappa shape index (κ2) is 6.41. The number of thioether (sulfide) groups is 1. The first-order chi connectivity index (χ1) is 10.2. The highest BCUT2D eigenvalue weighted by Gasteiger charge is 2.33. The lowest BCUT2D eigenvalue weighted by atomic mass is 9.90. The molecule has 1 aromatic carbocycles. The molecule has 1 aromatic rings. The normalized spacial score (nSPS) is 28.2. The third-order valence-electron chi connectivity index (χ3n) is 4.92. The number of nitrogens with one attached hydrogen (secondary N) is 1. The van der Waals surface area contributed by atoms with Crippen molar-refractivity contribution in [1.29, 1.82) is 0 Å². The summed E-state index contributed by atoms with van der Waals surface area (Å²) in [6.45, 7) is 0. The van der Waals surface area contributed by atoms with Crippen molar-refractivity contribution in [1.82, 2.24) is 10.2 Å². The lowest BCUT2D eigenvalue weighted by Crippen LogP contribution is -2.45. The Balaban J connectivity index is 1.59. The first-order valence-electron chi connectivity index (χ1n) is 7.87. The fourth-order valence-electron chi connectivity index (χ4n) is 3.48. The molecule has 1 saturated carbocycles. The second-order valence-electron chi connectivity index (χ2n) is 6.16. The first kappa shape index (κ1) is 14.9. The van der Waals surface area contributed by atoms with Crippen LogP contribution in [0.25, 0.3) is 0 Å². The Bertz CT molecular complexity index is 486. The van der Waals surface area contributed by atoms with E-state index in [-0.39, 0.29) is 5.25 Å². The number of nitrogens with zero attached hydrogens (tertiary/aromatic N) is 1.